The number of halogens is 3. The van der Waals surface area contributed by atoms with Gasteiger partial charge in [-0.3, -0.25) is 4.90 Å². The fourth-order valence-electron chi connectivity index (χ4n) is 5.33. The minimum atomic E-state index is -4.41. The molecule has 0 saturated carbocycles. The molecule has 0 aromatic heterocycles. The van der Waals surface area contributed by atoms with Crippen LogP contribution in [0.1, 0.15) is 36.8 Å². The van der Waals surface area contributed by atoms with Crippen LogP contribution in [0.3, 0.4) is 0 Å². The van der Waals surface area contributed by atoms with E-state index in [0.29, 0.717) is 25.3 Å². The highest BCUT2D eigenvalue weighted by atomic mass is 32.2. The van der Waals surface area contributed by atoms with Crippen molar-refractivity contribution >= 4 is 15.7 Å². The summed E-state index contributed by atoms with van der Waals surface area (Å²) in [4.78, 5) is 4.38. The van der Waals surface area contributed by atoms with Crippen molar-refractivity contribution in [3.05, 3.63) is 29.3 Å². The third-order valence-corrected chi connectivity index (χ3v) is 8.40. The summed E-state index contributed by atoms with van der Waals surface area (Å²) in [5.74, 6) is 0. The number of piperazine rings is 1. The molecule has 1 aromatic rings. The van der Waals surface area contributed by atoms with E-state index in [9.17, 15) is 21.6 Å². The molecule has 0 amide bonds. The lowest BCUT2D eigenvalue weighted by Gasteiger charge is -2.43. The van der Waals surface area contributed by atoms with Crippen LogP contribution in [0.2, 0.25) is 0 Å². The zero-order valence-electron chi connectivity index (χ0n) is 17.9. The fourth-order valence-corrected chi connectivity index (χ4v) is 6.16. The summed E-state index contributed by atoms with van der Waals surface area (Å²) in [6, 6.07) is 4.04. The van der Waals surface area contributed by atoms with Crippen molar-refractivity contribution in [1.82, 2.24) is 14.5 Å². The Hall–Kier alpha value is -1.36. The van der Waals surface area contributed by atoms with Crippen LogP contribution >= 0.6 is 0 Å². The van der Waals surface area contributed by atoms with Gasteiger partial charge in [-0.15, -0.1) is 0 Å². The highest BCUT2D eigenvalue weighted by Crippen LogP contribution is 2.40. The number of nitrogens with one attached hydrogen (secondary N) is 1. The molecular weight excluding hydrogens is 429 g/mol. The number of likely N-dealkylation sites (tertiary alicyclic amines) is 1. The van der Waals surface area contributed by atoms with E-state index in [1.807, 2.05) is 4.90 Å². The summed E-state index contributed by atoms with van der Waals surface area (Å²) in [5, 5.41) is 3.41. The molecule has 174 valence electrons. The number of alkyl halides is 3. The molecular formula is C21H31F3N4O2S. The van der Waals surface area contributed by atoms with Crippen LogP contribution in [0, 0.1) is 0 Å². The molecule has 1 aromatic carbocycles. The van der Waals surface area contributed by atoms with Gasteiger partial charge in [0, 0.05) is 44.0 Å². The Bertz CT molecular complexity index is 892. The Morgan fingerprint density at radius 1 is 1.03 bits per heavy atom. The van der Waals surface area contributed by atoms with Crippen molar-refractivity contribution in [1.29, 1.82) is 0 Å². The van der Waals surface area contributed by atoms with E-state index in [1.165, 1.54) is 22.7 Å². The predicted octanol–water partition coefficient (Wildman–Crippen LogP) is 2.51. The van der Waals surface area contributed by atoms with E-state index < -0.39 is 21.8 Å². The van der Waals surface area contributed by atoms with Gasteiger partial charge in [0.1, 0.15) is 0 Å². The van der Waals surface area contributed by atoms with E-state index >= 15 is 0 Å². The Morgan fingerprint density at radius 2 is 1.71 bits per heavy atom. The van der Waals surface area contributed by atoms with Crippen LogP contribution in [0.4, 0.5) is 18.9 Å². The van der Waals surface area contributed by atoms with Crippen LogP contribution in [0.5, 0.6) is 0 Å². The van der Waals surface area contributed by atoms with Crippen molar-refractivity contribution in [2.24, 2.45) is 0 Å². The fraction of sp³-hybridized carbons (Fsp3) is 0.714. The van der Waals surface area contributed by atoms with Gasteiger partial charge >= 0.3 is 6.18 Å². The van der Waals surface area contributed by atoms with Gasteiger partial charge in [0.15, 0.2) is 0 Å². The number of rotatable bonds is 4. The van der Waals surface area contributed by atoms with Crippen LogP contribution in [-0.4, -0.2) is 75.2 Å². The quantitative estimate of drug-likeness (QED) is 0.749. The zero-order chi connectivity index (χ0) is 22.3. The molecule has 3 aliphatic rings. The molecule has 1 spiro atoms. The average Bonchev–Trinajstić information content (AvgIpc) is 3.09. The minimum Gasteiger partial charge on any atom is -0.369 e. The molecule has 3 aliphatic heterocycles. The molecule has 0 atom stereocenters. The normalized spacial score (nSPS) is 23.5. The monoisotopic (exact) mass is 460 g/mol. The first-order valence-corrected chi connectivity index (χ1v) is 12.8. The van der Waals surface area contributed by atoms with Gasteiger partial charge in [-0.2, -0.15) is 17.5 Å². The van der Waals surface area contributed by atoms with E-state index in [1.54, 1.807) is 6.07 Å². The predicted molar refractivity (Wildman–Crippen MR) is 115 cm³/mol. The Morgan fingerprint density at radius 3 is 2.32 bits per heavy atom. The second kappa shape index (κ2) is 8.53. The van der Waals surface area contributed by atoms with Crippen LogP contribution in [-0.2, 0) is 22.7 Å². The summed E-state index contributed by atoms with van der Waals surface area (Å²) in [6.07, 6.45) is 1.14. The number of nitrogens with zero attached hydrogens (tertiary/aromatic N) is 3. The van der Waals surface area contributed by atoms with Crippen LogP contribution in [0.25, 0.3) is 0 Å². The van der Waals surface area contributed by atoms with Crippen molar-refractivity contribution < 1.29 is 21.6 Å². The maximum Gasteiger partial charge on any atom is 0.416 e. The smallest absolute Gasteiger partial charge is 0.369 e. The summed E-state index contributed by atoms with van der Waals surface area (Å²) >= 11 is 0. The van der Waals surface area contributed by atoms with Gasteiger partial charge in [-0.05, 0) is 63.0 Å². The standard InChI is InChI=1S/C21H31F3N4O2S/c1-31(29,30)28-13-11-26(12-14-28)19-15-18(21(22,23)24)4-3-17(19)16-27-10-2-5-20(27)6-8-25-9-7-20/h3-4,15,25H,2,5-14,16H2,1H3. The zero-order valence-corrected chi connectivity index (χ0v) is 18.7. The lowest BCUT2D eigenvalue weighted by atomic mass is 9.85. The van der Waals surface area contributed by atoms with E-state index in [0.717, 1.165) is 50.9 Å². The molecule has 4 rings (SSSR count). The maximum absolute atomic E-state index is 13.5. The van der Waals surface area contributed by atoms with E-state index in [-0.39, 0.29) is 18.6 Å². The van der Waals surface area contributed by atoms with Gasteiger partial charge in [0.2, 0.25) is 10.0 Å². The number of anilines is 1. The molecule has 10 heteroatoms. The second-order valence-electron chi connectivity index (χ2n) is 8.99. The van der Waals surface area contributed by atoms with Crippen molar-refractivity contribution in [3.63, 3.8) is 0 Å². The molecule has 3 saturated heterocycles. The summed E-state index contributed by atoms with van der Waals surface area (Å²) < 4.78 is 65.4. The van der Waals surface area contributed by atoms with Crippen LogP contribution in [0.15, 0.2) is 18.2 Å². The topological polar surface area (TPSA) is 55.9 Å². The van der Waals surface area contributed by atoms with Crippen molar-refractivity contribution in [2.75, 3.05) is 57.0 Å². The van der Waals surface area contributed by atoms with Crippen molar-refractivity contribution in [3.8, 4) is 0 Å². The molecule has 1 N–H and O–H groups in total. The number of benzene rings is 1. The van der Waals surface area contributed by atoms with Gasteiger partial charge in [0.05, 0.1) is 11.8 Å². The Kier molecular flexibility index (Phi) is 6.28. The number of sulfonamides is 1. The molecule has 0 radical (unpaired) electrons. The Balaban J connectivity index is 1.60. The van der Waals surface area contributed by atoms with E-state index in [4.69, 9.17) is 0 Å². The largest absolute Gasteiger partial charge is 0.416 e. The van der Waals surface area contributed by atoms with Gasteiger partial charge in [-0.25, -0.2) is 8.42 Å². The molecule has 0 aliphatic carbocycles. The van der Waals surface area contributed by atoms with Crippen LogP contribution < -0.4 is 10.2 Å². The maximum atomic E-state index is 13.5. The lowest BCUT2D eigenvalue weighted by molar-refractivity contribution is -0.137. The molecule has 31 heavy (non-hydrogen) atoms. The molecule has 3 fully saturated rings. The molecule has 6 nitrogen and oxygen atoms in total. The first-order valence-electron chi connectivity index (χ1n) is 10.9. The highest BCUT2D eigenvalue weighted by Gasteiger charge is 2.42. The van der Waals surface area contributed by atoms with Gasteiger partial charge in [0.25, 0.3) is 0 Å². The lowest BCUT2D eigenvalue weighted by Crippen LogP contribution is -2.51. The number of hydrogen-bond donors (Lipinski definition) is 1. The molecule has 0 bridgehead atoms. The third-order valence-electron chi connectivity index (χ3n) is 7.10. The molecule has 0 unspecified atom stereocenters. The first kappa shape index (κ1) is 22.8. The third kappa shape index (κ3) is 4.86. The second-order valence-corrected chi connectivity index (χ2v) is 11.0. The van der Waals surface area contributed by atoms with Gasteiger partial charge in [-0.1, -0.05) is 6.07 Å². The Labute approximate surface area is 182 Å². The van der Waals surface area contributed by atoms with E-state index in [2.05, 4.69) is 10.2 Å². The minimum absolute atomic E-state index is 0.139. The summed E-state index contributed by atoms with van der Waals surface area (Å²) in [7, 11) is -3.30. The SMILES string of the molecule is CS(=O)(=O)N1CCN(c2cc(C(F)(F)F)ccc2CN2CCCC23CCNCC3)CC1. The summed E-state index contributed by atoms with van der Waals surface area (Å²) in [5.41, 5.74) is 0.953. The van der Waals surface area contributed by atoms with Crippen molar-refractivity contribution in [2.45, 2.75) is 43.9 Å². The number of piperidine rings is 1. The first-order chi connectivity index (χ1) is 14.6. The van der Waals surface area contributed by atoms with Gasteiger partial charge < -0.3 is 10.2 Å². The highest BCUT2D eigenvalue weighted by molar-refractivity contribution is 7.88. The average molecular weight is 461 g/mol. The summed E-state index contributed by atoms with van der Waals surface area (Å²) in [6.45, 7) is 4.88. The molecule has 3 heterocycles. The number of hydrogen-bond acceptors (Lipinski definition) is 5.